The molecule has 0 saturated carbocycles. The van der Waals surface area contributed by atoms with Gasteiger partial charge >= 0.3 is 11.8 Å². The molecule has 2 aromatic heterocycles. The average molecular weight is 641 g/mol. The normalized spacial score (nSPS) is 10.8. The lowest BCUT2D eigenvalue weighted by molar-refractivity contribution is 0.0719. The highest BCUT2D eigenvalue weighted by Gasteiger charge is 2.29. The SMILES string of the molecule is CCc1cc(C(=O)N(CC(=O)c2ccc(OC)c(OC)c2)C(=O)N(C)Cc2ccc(-c3ccccc3-c3noc(=O)[nH]3)cc2)cs1. The van der Waals surface area contributed by atoms with Crippen molar-refractivity contribution in [1.82, 2.24) is 19.9 Å². The number of H-pyrrole nitrogens is 1. The van der Waals surface area contributed by atoms with E-state index in [2.05, 4.69) is 14.7 Å². The van der Waals surface area contributed by atoms with Crippen LogP contribution in [0.1, 0.15) is 38.1 Å². The second kappa shape index (κ2) is 14.1. The lowest BCUT2D eigenvalue weighted by Crippen LogP contribution is -2.46. The minimum atomic E-state index is -0.643. The molecule has 46 heavy (non-hydrogen) atoms. The minimum Gasteiger partial charge on any atom is -0.493 e. The Balaban J connectivity index is 1.37. The number of aromatic amines is 1. The van der Waals surface area contributed by atoms with E-state index in [1.807, 2.05) is 55.5 Å². The van der Waals surface area contributed by atoms with Crippen molar-refractivity contribution in [2.45, 2.75) is 19.9 Å². The maximum atomic E-state index is 13.8. The molecule has 3 amide bonds. The topological polar surface area (TPSA) is 135 Å². The third-order valence-corrected chi connectivity index (χ3v) is 8.45. The van der Waals surface area contributed by atoms with Crippen molar-refractivity contribution in [3.63, 3.8) is 0 Å². The van der Waals surface area contributed by atoms with Crippen LogP contribution < -0.4 is 15.2 Å². The van der Waals surface area contributed by atoms with Crippen LogP contribution in [0, 0.1) is 0 Å². The Kier molecular flexibility index (Phi) is 9.77. The maximum absolute atomic E-state index is 13.8. The number of imide groups is 1. The van der Waals surface area contributed by atoms with E-state index in [-0.39, 0.29) is 12.1 Å². The third-order valence-electron chi connectivity index (χ3n) is 7.37. The van der Waals surface area contributed by atoms with E-state index in [0.717, 1.165) is 32.9 Å². The van der Waals surface area contributed by atoms with Crippen molar-refractivity contribution in [3.8, 4) is 34.0 Å². The van der Waals surface area contributed by atoms with Crippen molar-refractivity contribution in [1.29, 1.82) is 0 Å². The fraction of sp³-hybridized carbons (Fsp3) is 0.206. The number of hydrogen-bond acceptors (Lipinski definition) is 9. The number of aryl methyl sites for hydroxylation is 1. The summed E-state index contributed by atoms with van der Waals surface area (Å²) in [6, 6.07) is 20.8. The van der Waals surface area contributed by atoms with E-state index in [1.54, 1.807) is 30.6 Å². The molecule has 11 nitrogen and oxygen atoms in total. The van der Waals surface area contributed by atoms with Gasteiger partial charge in [-0.3, -0.25) is 24.0 Å². The molecular formula is C34H32N4O7S. The number of aromatic nitrogens is 2. The molecule has 2 heterocycles. The zero-order valence-corrected chi connectivity index (χ0v) is 26.6. The van der Waals surface area contributed by atoms with Crippen LogP contribution in [0.15, 0.2) is 87.5 Å². The summed E-state index contributed by atoms with van der Waals surface area (Å²) in [7, 11) is 4.54. The Morgan fingerprint density at radius 1 is 0.913 bits per heavy atom. The predicted molar refractivity (Wildman–Crippen MR) is 173 cm³/mol. The molecule has 0 unspecified atom stereocenters. The molecule has 236 valence electrons. The predicted octanol–water partition coefficient (Wildman–Crippen LogP) is 5.92. The first-order chi connectivity index (χ1) is 22.2. The summed E-state index contributed by atoms with van der Waals surface area (Å²) < 4.78 is 15.3. The Morgan fingerprint density at radius 2 is 1.63 bits per heavy atom. The van der Waals surface area contributed by atoms with Crippen molar-refractivity contribution < 1.29 is 28.4 Å². The highest BCUT2D eigenvalue weighted by molar-refractivity contribution is 7.10. The van der Waals surface area contributed by atoms with Crippen molar-refractivity contribution >= 4 is 29.1 Å². The lowest BCUT2D eigenvalue weighted by Gasteiger charge is -2.26. The number of hydrogen-bond donors (Lipinski definition) is 1. The number of nitrogens with zero attached hydrogens (tertiary/aromatic N) is 3. The number of urea groups is 1. The number of rotatable bonds is 11. The fourth-order valence-electron chi connectivity index (χ4n) is 4.93. The van der Waals surface area contributed by atoms with Gasteiger partial charge in [-0.05, 0) is 47.4 Å². The molecule has 0 fully saturated rings. The molecule has 0 aliphatic rings. The van der Waals surface area contributed by atoms with Crippen molar-refractivity contribution in [3.05, 3.63) is 110 Å². The largest absolute Gasteiger partial charge is 0.493 e. The van der Waals surface area contributed by atoms with Crippen molar-refractivity contribution in [2.24, 2.45) is 0 Å². The van der Waals surface area contributed by atoms with Crippen LogP contribution in [0.3, 0.4) is 0 Å². The first-order valence-corrected chi connectivity index (χ1v) is 15.2. The van der Waals surface area contributed by atoms with E-state index in [4.69, 9.17) is 9.47 Å². The molecule has 0 aliphatic heterocycles. The van der Waals surface area contributed by atoms with Gasteiger partial charge in [-0.25, -0.2) is 9.59 Å². The van der Waals surface area contributed by atoms with Gasteiger partial charge < -0.3 is 14.4 Å². The number of nitrogens with one attached hydrogen (secondary N) is 1. The van der Waals surface area contributed by atoms with Gasteiger partial charge in [-0.15, -0.1) is 11.3 Å². The van der Waals surface area contributed by atoms with Crippen LogP contribution >= 0.6 is 11.3 Å². The standard InChI is InChI=1S/C34H32N4O7S/c1-5-25-16-24(20-46-25)32(40)38(19-28(39)23-14-15-29(43-3)30(17-23)44-4)34(42)37(2)18-21-10-12-22(13-11-21)26-8-6-7-9-27(26)31-35-33(41)45-36-31/h6-17,20H,5,18-19H2,1-4H3,(H,35,36,41). The zero-order chi connectivity index (χ0) is 32.8. The van der Waals surface area contributed by atoms with Crippen LogP contribution in [0.2, 0.25) is 0 Å². The molecule has 0 saturated heterocycles. The number of Topliss-reactive ketones (excluding diaryl/α,β-unsaturated/α-hetero) is 1. The Hall–Kier alpha value is -5.49. The summed E-state index contributed by atoms with van der Waals surface area (Å²) >= 11 is 1.43. The molecule has 0 aliphatic carbocycles. The van der Waals surface area contributed by atoms with Gasteiger partial charge in [0.25, 0.3) is 5.91 Å². The van der Waals surface area contributed by atoms with E-state index in [0.29, 0.717) is 28.5 Å². The fourth-order valence-corrected chi connectivity index (χ4v) is 5.74. The molecule has 0 spiro atoms. The van der Waals surface area contributed by atoms with Crippen LogP contribution in [0.5, 0.6) is 11.5 Å². The highest BCUT2D eigenvalue weighted by atomic mass is 32.1. The molecule has 3 aromatic carbocycles. The average Bonchev–Trinajstić information content (AvgIpc) is 3.75. The molecule has 5 rings (SSSR count). The molecule has 0 radical (unpaired) electrons. The number of methoxy groups -OCH3 is 2. The second-order valence-corrected chi connectivity index (χ2v) is 11.4. The zero-order valence-electron chi connectivity index (χ0n) is 25.7. The number of carbonyl (C=O) groups is 3. The second-order valence-electron chi connectivity index (χ2n) is 10.4. The van der Waals surface area contributed by atoms with Crippen LogP contribution in [0.25, 0.3) is 22.5 Å². The highest BCUT2D eigenvalue weighted by Crippen LogP contribution is 2.30. The number of amides is 3. The molecule has 12 heteroatoms. The lowest BCUT2D eigenvalue weighted by atomic mass is 9.98. The smallest absolute Gasteiger partial charge is 0.439 e. The number of carbonyl (C=O) groups excluding carboxylic acids is 3. The van der Waals surface area contributed by atoms with Crippen LogP contribution in [-0.4, -0.2) is 65.5 Å². The van der Waals surface area contributed by atoms with Crippen molar-refractivity contribution in [2.75, 3.05) is 27.8 Å². The number of benzene rings is 3. The number of ether oxygens (including phenoxy) is 2. The summed E-state index contributed by atoms with van der Waals surface area (Å²) in [6.07, 6.45) is 0.743. The van der Waals surface area contributed by atoms with E-state index < -0.39 is 30.0 Å². The molecule has 0 atom stereocenters. The van der Waals surface area contributed by atoms with E-state index in [1.165, 1.54) is 36.5 Å². The molecule has 1 N–H and O–H groups in total. The summed E-state index contributed by atoms with van der Waals surface area (Å²) in [4.78, 5) is 58.4. The Labute approximate surface area is 269 Å². The Morgan fingerprint density at radius 3 is 2.26 bits per heavy atom. The molecular weight excluding hydrogens is 608 g/mol. The van der Waals surface area contributed by atoms with Gasteiger partial charge in [0.1, 0.15) is 0 Å². The van der Waals surface area contributed by atoms with E-state index in [9.17, 15) is 19.2 Å². The van der Waals surface area contributed by atoms with E-state index >= 15 is 0 Å². The summed E-state index contributed by atoms with van der Waals surface area (Å²) in [5.41, 5.74) is 3.81. The first kappa shape index (κ1) is 31.9. The third kappa shape index (κ3) is 6.92. The van der Waals surface area contributed by atoms with Gasteiger partial charge in [0, 0.05) is 35.0 Å². The van der Waals surface area contributed by atoms with Gasteiger partial charge in [0.15, 0.2) is 23.1 Å². The summed E-state index contributed by atoms with van der Waals surface area (Å²) in [6.45, 7) is 1.70. The number of thiophene rings is 1. The molecule has 0 bridgehead atoms. The minimum absolute atomic E-state index is 0.176. The first-order valence-electron chi connectivity index (χ1n) is 14.4. The summed E-state index contributed by atoms with van der Waals surface area (Å²) in [5, 5.41) is 5.51. The maximum Gasteiger partial charge on any atom is 0.439 e. The van der Waals surface area contributed by atoms with Gasteiger partial charge in [-0.1, -0.05) is 60.6 Å². The van der Waals surface area contributed by atoms with Gasteiger partial charge in [0.05, 0.1) is 26.3 Å². The number of ketones is 1. The van der Waals surface area contributed by atoms with Gasteiger partial charge in [0.2, 0.25) is 0 Å². The Bertz CT molecular complexity index is 1930. The summed E-state index contributed by atoms with van der Waals surface area (Å²) in [5.74, 6) is -0.496. The molecule has 5 aromatic rings. The van der Waals surface area contributed by atoms with Crippen LogP contribution in [-0.2, 0) is 13.0 Å². The monoisotopic (exact) mass is 640 g/mol. The quantitative estimate of drug-likeness (QED) is 0.176. The van der Waals surface area contributed by atoms with Crippen LogP contribution in [0.4, 0.5) is 4.79 Å². The van der Waals surface area contributed by atoms with Gasteiger partial charge in [-0.2, -0.15) is 0 Å².